The van der Waals surface area contributed by atoms with E-state index in [2.05, 4.69) is 255 Å². The van der Waals surface area contributed by atoms with Crippen LogP contribution in [0.5, 0.6) is 0 Å². The van der Waals surface area contributed by atoms with Crippen molar-refractivity contribution in [2.45, 2.75) is 19.3 Å². The summed E-state index contributed by atoms with van der Waals surface area (Å²) in [7, 11) is 0. The van der Waals surface area contributed by atoms with Crippen LogP contribution in [0.4, 0.5) is 17.1 Å². The fourth-order valence-corrected chi connectivity index (χ4v) is 9.82. The third-order valence-electron chi connectivity index (χ3n) is 12.9. The zero-order valence-corrected chi connectivity index (χ0v) is 35.0. The highest BCUT2D eigenvalue weighted by Crippen LogP contribution is 2.54. The molecule has 0 aliphatic heterocycles. The molecule has 0 saturated heterocycles. The van der Waals surface area contributed by atoms with Crippen LogP contribution in [-0.2, 0) is 5.41 Å². The summed E-state index contributed by atoms with van der Waals surface area (Å²) >= 11 is 0. The van der Waals surface area contributed by atoms with Crippen LogP contribution >= 0.6 is 0 Å². The smallest absolute Gasteiger partial charge is 0.0540 e. The largest absolute Gasteiger partial charge is 0.310 e. The zero-order valence-electron chi connectivity index (χ0n) is 35.0. The molecule has 0 fully saturated rings. The van der Waals surface area contributed by atoms with E-state index >= 15 is 0 Å². The molecule has 1 heteroatoms. The van der Waals surface area contributed by atoms with Gasteiger partial charge in [-0.1, -0.05) is 220 Å². The average Bonchev–Trinajstić information content (AvgIpc) is 3.58. The molecule has 10 aromatic carbocycles. The summed E-state index contributed by atoms with van der Waals surface area (Å²) in [5.41, 5.74) is 20.8. The van der Waals surface area contributed by atoms with Gasteiger partial charge in [0, 0.05) is 22.4 Å². The van der Waals surface area contributed by atoms with Crippen molar-refractivity contribution in [2.24, 2.45) is 0 Å². The number of benzene rings is 10. The van der Waals surface area contributed by atoms with Crippen LogP contribution in [0.1, 0.15) is 25.0 Å². The first kappa shape index (κ1) is 37.3. The highest BCUT2D eigenvalue weighted by molar-refractivity contribution is 6.06. The Balaban J connectivity index is 1.05. The molecule has 10 aromatic rings. The standard InChI is InChI=1S/C61H45N/c1-61(2)56-27-11-9-23-55(56)60-54(26-15-28-57(60)61)53-22-10-12-29-58(53)62(49-38-34-45(35-39-49)44-32-30-43(31-33-44)42-16-5-3-6-17-42)50-40-36-47(37-41-50)52-25-14-21-48-20-13-24-51(59(48)52)46-18-7-4-8-19-46/h3-41H,1-2H3. The average molecular weight is 792 g/mol. The lowest BCUT2D eigenvalue weighted by molar-refractivity contribution is 0.660. The maximum absolute atomic E-state index is 2.44. The topological polar surface area (TPSA) is 3.24 Å². The van der Waals surface area contributed by atoms with E-state index in [9.17, 15) is 0 Å². The molecule has 1 aliphatic rings. The van der Waals surface area contributed by atoms with Gasteiger partial charge in [0.1, 0.15) is 0 Å². The van der Waals surface area contributed by atoms with Crippen molar-refractivity contribution >= 4 is 27.8 Å². The van der Waals surface area contributed by atoms with E-state index in [0.717, 1.165) is 17.1 Å². The molecule has 1 nitrogen and oxygen atoms in total. The van der Waals surface area contributed by atoms with Crippen LogP contribution in [0.15, 0.2) is 237 Å². The maximum Gasteiger partial charge on any atom is 0.0540 e. The van der Waals surface area contributed by atoms with Gasteiger partial charge in [0.05, 0.1) is 5.69 Å². The van der Waals surface area contributed by atoms with Crippen LogP contribution in [0.25, 0.3) is 77.5 Å². The number of anilines is 3. The number of hydrogen-bond donors (Lipinski definition) is 0. The van der Waals surface area contributed by atoms with Gasteiger partial charge in [0.25, 0.3) is 0 Å². The minimum atomic E-state index is -0.0937. The van der Waals surface area contributed by atoms with Crippen LogP contribution in [0.2, 0.25) is 0 Å². The fourth-order valence-electron chi connectivity index (χ4n) is 9.82. The van der Waals surface area contributed by atoms with Crippen molar-refractivity contribution in [3.63, 3.8) is 0 Å². The second-order valence-corrected chi connectivity index (χ2v) is 16.9. The number of nitrogens with zero attached hydrogens (tertiary/aromatic N) is 1. The lowest BCUT2D eigenvalue weighted by atomic mass is 9.82. The Hall–Kier alpha value is -7.74. The van der Waals surface area contributed by atoms with Gasteiger partial charge in [0.2, 0.25) is 0 Å². The Bertz CT molecular complexity index is 3210. The Morgan fingerprint density at radius 2 is 0.694 bits per heavy atom. The second-order valence-electron chi connectivity index (χ2n) is 16.9. The lowest BCUT2D eigenvalue weighted by Gasteiger charge is -2.29. The Morgan fingerprint density at radius 3 is 1.31 bits per heavy atom. The van der Waals surface area contributed by atoms with Gasteiger partial charge in [-0.25, -0.2) is 0 Å². The van der Waals surface area contributed by atoms with E-state index in [1.807, 2.05) is 0 Å². The molecule has 62 heavy (non-hydrogen) atoms. The van der Waals surface area contributed by atoms with Crippen LogP contribution in [-0.4, -0.2) is 0 Å². The van der Waals surface area contributed by atoms with Crippen molar-refractivity contribution in [3.05, 3.63) is 248 Å². The molecule has 0 spiro atoms. The van der Waals surface area contributed by atoms with Crippen LogP contribution < -0.4 is 4.90 Å². The summed E-state index contributed by atoms with van der Waals surface area (Å²) in [6, 6.07) is 86.5. The molecule has 0 atom stereocenters. The van der Waals surface area contributed by atoms with Crippen molar-refractivity contribution < 1.29 is 0 Å². The van der Waals surface area contributed by atoms with E-state index in [0.29, 0.717) is 0 Å². The maximum atomic E-state index is 2.44. The van der Waals surface area contributed by atoms with Crippen molar-refractivity contribution in [2.75, 3.05) is 4.90 Å². The normalized spacial score (nSPS) is 12.5. The highest BCUT2D eigenvalue weighted by Gasteiger charge is 2.37. The molecule has 0 N–H and O–H groups in total. The molecule has 294 valence electrons. The lowest BCUT2D eigenvalue weighted by Crippen LogP contribution is -2.14. The summed E-state index contributed by atoms with van der Waals surface area (Å²) in [5, 5.41) is 2.50. The quantitative estimate of drug-likeness (QED) is 0.148. The minimum absolute atomic E-state index is 0.0937. The minimum Gasteiger partial charge on any atom is -0.310 e. The molecule has 0 radical (unpaired) electrons. The summed E-state index contributed by atoms with van der Waals surface area (Å²) in [4.78, 5) is 2.44. The molecule has 0 aromatic heterocycles. The molecule has 0 saturated carbocycles. The first-order valence-electron chi connectivity index (χ1n) is 21.6. The summed E-state index contributed by atoms with van der Waals surface area (Å²) in [6.45, 7) is 4.72. The van der Waals surface area contributed by atoms with E-state index < -0.39 is 0 Å². The first-order chi connectivity index (χ1) is 30.5. The van der Waals surface area contributed by atoms with Gasteiger partial charge in [-0.3, -0.25) is 0 Å². The number of rotatable bonds is 8. The van der Waals surface area contributed by atoms with E-state index in [1.165, 1.54) is 88.7 Å². The van der Waals surface area contributed by atoms with E-state index in [1.54, 1.807) is 0 Å². The predicted molar refractivity (Wildman–Crippen MR) is 263 cm³/mol. The Kier molecular flexibility index (Phi) is 9.24. The Morgan fingerprint density at radius 1 is 0.290 bits per heavy atom. The number of hydrogen-bond acceptors (Lipinski definition) is 1. The zero-order chi connectivity index (χ0) is 41.6. The first-order valence-corrected chi connectivity index (χ1v) is 21.6. The molecular weight excluding hydrogens is 747 g/mol. The fraction of sp³-hybridized carbons (Fsp3) is 0.0492. The summed E-state index contributed by atoms with van der Waals surface area (Å²) in [5.74, 6) is 0. The van der Waals surface area contributed by atoms with Crippen molar-refractivity contribution in [3.8, 4) is 66.8 Å². The third kappa shape index (κ3) is 6.42. The Labute approximate surface area is 364 Å². The van der Waals surface area contributed by atoms with Gasteiger partial charge in [-0.2, -0.15) is 0 Å². The highest BCUT2D eigenvalue weighted by atomic mass is 15.1. The molecule has 11 rings (SSSR count). The second kappa shape index (κ2) is 15.4. The number of fused-ring (bicyclic) bond motifs is 4. The van der Waals surface area contributed by atoms with E-state index in [-0.39, 0.29) is 5.41 Å². The predicted octanol–water partition coefficient (Wildman–Crippen LogP) is 17.0. The molecule has 0 unspecified atom stereocenters. The van der Waals surface area contributed by atoms with Gasteiger partial charge < -0.3 is 4.90 Å². The molecule has 0 amide bonds. The van der Waals surface area contributed by atoms with Crippen molar-refractivity contribution in [1.29, 1.82) is 0 Å². The molecule has 0 bridgehead atoms. The van der Waals surface area contributed by atoms with Crippen molar-refractivity contribution in [1.82, 2.24) is 0 Å². The van der Waals surface area contributed by atoms with Gasteiger partial charge in [-0.05, 0) is 113 Å². The molecule has 0 heterocycles. The van der Waals surface area contributed by atoms with E-state index in [4.69, 9.17) is 0 Å². The van der Waals surface area contributed by atoms with Crippen LogP contribution in [0.3, 0.4) is 0 Å². The summed E-state index contributed by atoms with van der Waals surface area (Å²) in [6.07, 6.45) is 0. The van der Waals surface area contributed by atoms with Crippen LogP contribution in [0, 0.1) is 0 Å². The number of para-hydroxylation sites is 1. The molecular formula is C61H45N. The SMILES string of the molecule is CC1(C)c2ccccc2-c2c(-c3ccccc3N(c3ccc(-c4ccc(-c5ccccc5)cc4)cc3)c3ccc(-c4cccc5cccc(-c6ccccc6)c45)cc3)cccc21. The monoisotopic (exact) mass is 791 g/mol. The molecule has 1 aliphatic carbocycles. The van der Waals surface area contributed by atoms with Gasteiger partial charge in [0.15, 0.2) is 0 Å². The van der Waals surface area contributed by atoms with Gasteiger partial charge in [-0.15, -0.1) is 0 Å². The third-order valence-corrected chi connectivity index (χ3v) is 12.9. The van der Waals surface area contributed by atoms with Gasteiger partial charge >= 0.3 is 0 Å². The summed E-state index contributed by atoms with van der Waals surface area (Å²) < 4.78 is 0.